The van der Waals surface area contributed by atoms with Crippen molar-refractivity contribution in [1.29, 1.82) is 0 Å². The Labute approximate surface area is 124 Å². The number of Topliss-reactive ketones (excluding diaryl/α,β-unsaturated/α-hetero) is 1. The van der Waals surface area contributed by atoms with Crippen LogP contribution in [0.3, 0.4) is 0 Å². The predicted molar refractivity (Wildman–Crippen MR) is 79.9 cm³/mol. The van der Waals surface area contributed by atoms with E-state index in [1.165, 1.54) is 11.3 Å². The number of anilines is 1. The SMILES string of the molecule is Cc1sc(N)c(C(=O)O)c1CC(=O)c1ccccc1Cl. The number of nitrogens with two attached hydrogens (primary N) is 1. The van der Waals surface area contributed by atoms with Crippen LogP contribution in [0.1, 0.15) is 31.2 Å². The fraction of sp³-hybridized carbons (Fsp3) is 0.143. The molecular weight excluding hydrogens is 298 g/mol. The van der Waals surface area contributed by atoms with Crippen LogP contribution >= 0.6 is 22.9 Å². The van der Waals surface area contributed by atoms with Gasteiger partial charge in [-0.15, -0.1) is 11.3 Å². The van der Waals surface area contributed by atoms with E-state index < -0.39 is 5.97 Å². The smallest absolute Gasteiger partial charge is 0.338 e. The van der Waals surface area contributed by atoms with E-state index in [0.717, 1.165) is 4.88 Å². The monoisotopic (exact) mass is 309 g/mol. The van der Waals surface area contributed by atoms with Crippen molar-refractivity contribution < 1.29 is 14.7 Å². The predicted octanol–water partition coefficient (Wildman–Crippen LogP) is 3.42. The molecule has 6 heteroatoms. The Balaban J connectivity index is 2.38. The minimum absolute atomic E-state index is 0.0212. The normalized spacial score (nSPS) is 10.5. The van der Waals surface area contributed by atoms with Gasteiger partial charge in [-0.1, -0.05) is 23.7 Å². The third kappa shape index (κ3) is 2.69. The zero-order valence-corrected chi connectivity index (χ0v) is 12.2. The number of carboxylic acids is 1. The molecule has 0 radical (unpaired) electrons. The molecule has 0 fully saturated rings. The van der Waals surface area contributed by atoms with Crippen molar-refractivity contribution in [2.45, 2.75) is 13.3 Å². The van der Waals surface area contributed by atoms with Gasteiger partial charge in [0.05, 0.1) is 10.6 Å². The Morgan fingerprint density at radius 1 is 1.35 bits per heavy atom. The number of carboxylic acid groups (broad SMARTS) is 1. The molecule has 0 aliphatic carbocycles. The number of hydrogen-bond donors (Lipinski definition) is 2. The minimum Gasteiger partial charge on any atom is -0.478 e. The highest BCUT2D eigenvalue weighted by Crippen LogP contribution is 2.31. The van der Waals surface area contributed by atoms with Gasteiger partial charge in [0.2, 0.25) is 0 Å². The zero-order valence-electron chi connectivity index (χ0n) is 10.6. The summed E-state index contributed by atoms with van der Waals surface area (Å²) in [6, 6.07) is 6.69. The van der Waals surface area contributed by atoms with Gasteiger partial charge in [-0.05, 0) is 24.6 Å². The molecule has 0 saturated heterocycles. The van der Waals surface area contributed by atoms with Crippen molar-refractivity contribution in [1.82, 2.24) is 0 Å². The van der Waals surface area contributed by atoms with Crippen LogP contribution in [0.2, 0.25) is 5.02 Å². The number of nitrogen functional groups attached to an aromatic ring is 1. The van der Waals surface area contributed by atoms with E-state index >= 15 is 0 Å². The van der Waals surface area contributed by atoms with Crippen molar-refractivity contribution >= 4 is 39.7 Å². The first-order chi connectivity index (χ1) is 9.41. The van der Waals surface area contributed by atoms with E-state index in [2.05, 4.69) is 0 Å². The van der Waals surface area contributed by atoms with Gasteiger partial charge in [0.1, 0.15) is 5.00 Å². The highest BCUT2D eigenvalue weighted by Gasteiger charge is 2.22. The second-order valence-corrected chi connectivity index (χ2v) is 5.92. The lowest BCUT2D eigenvalue weighted by atomic mass is 10.00. The zero-order chi connectivity index (χ0) is 14.9. The summed E-state index contributed by atoms with van der Waals surface area (Å²) in [5.74, 6) is -1.34. The fourth-order valence-corrected chi connectivity index (χ4v) is 3.17. The molecule has 0 aliphatic rings. The lowest BCUT2D eigenvalue weighted by Crippen LogP contribution is -2.09. The van der Waals surface area contributed by atoms with Crippen LogP contribution in [0.5, 0.6) is 0 Å². The number of thiophene rings is 1. The summed E-state index contributed by atoms with van der Waals surface area (Å²) in [4.78, 5) is 24.2. The number of carbonyl (C=O) groups is 2. The van der Waals surface area contributed by atoms with Crippen LogP contribution in [-0.2, 0) is 6.42 Å². The van der Waals surface area contributed by atoms with Gasteiger partial charge < -0.3 is 10.8 Å². The molecule has 1 aromatic carbocycles. The molecule has 1 heterocycles. The van der Waals surface area contributed by atoms with Gasteiger partial charge in [0.25, 0.3) is 0 Å². The average Bonchev–Trinajstić information content (AvgIpc) is 2.64. The number of aryl methyl sites for hydroxylation is 1. The molecule has 0 aliphatic heterocycles. The molecule has 1 aromatic heterocycles. The summed E-state index contributed by atoms with van der Waals surface area (Å²) in [5.41, 5.74) is 6.56. The molecule has 2 rings (SSSR count). The van der Waals surface area contributed by atoms with Crippen molar-refractivity contribution in [3.8, 4) is 0 Å². The van der Waals surface area contributed by atoms with Crippen molar-refractivity contribution in [3.63, 3.8) is 0 Å². The van der Waals surface area contributed by atoms with Crippen molar-refractivity contribution in [2.75, 3.05) is 5.73 Å². The molecule has 20 heavy (non-hydrogen) atoms. The number of halogens is 1. The summed E-state index contributed by atoms with van der Waals surface area (Å²) in [6.07, 6.45) is -0.0229. The maximum absolute atomic E-state index is 12.3. The fourth-order valence-electron chi connectivity index (χ4n) is 1.99. The van der Waals surface area contributed by atoms with E-state index in [1.54, 1.807) is 31.2 Å². The third-order valence-corrected chi connectivity index (χ3v) is 4.27. The molecule has 3 N–H and O–H groups in total. The van der Waals surface area contributed by atoms with E-state index in [0.29, 0.717) is 16.1 Å². The van der Waals surface area contributed by atoms with Crippen LogP contribution in [0.4, 0.5) is 5.00 Å². The summed E-state index contributed by atoms with van der Waals surface area (Å²) >= 11 is 7.15. The molecule has 104 valence electrons. The number of aromatic carboxylic acids is 1. The van der Waals surface area contributed by atoms with Gasteiger partial charge in [-0.3, -0.25) is 4.79 Å². The van der Waals surface area contributed by atoms with Crippen LogP contribution < -0.4 is 5.73 Å². The van der Waals surface area contributed by atoms with E-state index in [9.17, 15) is 14.7 Å². The first-order valence-corrected chi connectivity index (χ1v) is 7.00. The third-order valence-electron chi connectivity index (χ3n) is 2.96. The summed E-state index contributed by atoms with van der Waals surface area (Å²) < 4.78 is 0. The van der Waals surface area contributed by atoms with E-state index in [-0.39, 0.29) is 22.8 Å². The summed E-state index contributed by atoms with van der Waals surface area (Å²) in [7, 11) is 0. The van der Waals surface area contributed by atoms with Crippen LogP contribution in [0.25, 0.3) is 0 Å². The Morgan fingerprint density at radius 2 is 2.00 bits per heavy atom. The molecule has 0 bridgehead atoms. The topological polar surface area (TPSA) is 80.4 Å². The van der Waals surface area contributed by atoms with Gasteiger partial charge in [0, 0.05) is 16.9 Å². The average molecular weight is 310 g/mol. The van der Waals surface area contributed by atoms with Gasteiger partial charge in [-0.25, -0.2) is 4.79 Å². The van der Waals surface area contributed by atoms with E-state index in [1.807, 2.05) is 0 Å². The second-order valence-electron chi connectivity index (χ2n) is 4.26. The summed E-state index contributed by atoms with van der Waals surface area (Å²) in [5, 5.41) is 9.76. The Hall–Kier alpha value is -1.85. The maximum Gasteiger partial charge on any atom is 0.338 e. The molecular formula is C14H12ClNO3S. The number of benzene rings is 1. The number of rotatable bonds is 4. The molecule has 0 spiro atoms. The quantitative estimate of drug-likeness (QED) is 0.848. The molecule has 0 saturated carbocycles. The second kappa shape index (κ2) is 5.64. The molecule has 0 unspecified atom stereocenters. The number of carbonyl (C=O) groups excluding carboxylic acids is 1. The first-order valence-electron chi connectivity index (χ1n) is 5.80. The van der Waals surface area contributed by atoms with Gasteiger partial charge in [0.15, 0.2) is 5.78 Å². The van der Waals surface area contributed by atoms with Crippen LogP contribution in [-0.4, -0.2) is 16.9 Å². The number of hydrogen-bond acceptors (Lipinski definition) is 4. The highest BCUT2D eigenvalue weighted by atomic mass is 35.5. The molecule has 4 nitrogen and oxygen atoms in total. The lowest BCUT2D eigenvalue weighted by Gasteiger charge is -2.05. The Morgan fingerprint density at radius 3 is 2.60 bits per heavy atom. The van der Waals surface area contributed by atoms with E-state index in [4.69, 9.17) is 17.3 Å². The van der Waals surface area contributed by atoms with Crippen molar-refractivity contribution in [3.05, 3.63) is 50.9 Å². The number of ketones is 1. The van der Waals surface area contributed by atoms with Crippen LogP contribution in [0.15, 0.2) is 24.3 Å². The molecule has 0 atom stereocenters. The minimum atomic E-state index is -1.12. The van der Waals surface area contributed by atoms with Crippen molar-refractivity contribution in [2.24, 2.45) is 0 Å². The van der Waals surface area contributed by atoms with Gasteiger partial charge >= 0.3 is 5.97 Å². The lowest BCUT2D eigenvalue weighted by molar-refractivity contribution is 0.0697. The largest absolute Gasteiger partial charge is 0.478 e. The van der Waals surface area contributed by atoms with Crippen LogP contribution in [0, 0.1) is 6.92 Å². The van der Waals surface area contributed by atoms with Gasteiger partial charge in [-0.2, -0.15) is 0 Å². The summed E-state index contributed by atoms with van der Waals surface area (Å²) in [6.45, 7) is 1.75. The maximum atomic E-state index is 12.3. The molecule has 0 amide bonds. The molecule has 2 aromatic rings. The Kier molecular flexibility index (Phi) is 4.11. The standard InChI is InChI=1S/C14H12ClNO3S/c1-7-9(12(14(18)19)13(16)20-7)6-11(17)8-4-2-3-5-10(8)15/h2-5H,6,16H2,1H3,(H,18,19). The first kappa shape index (κ1) is 14.6. The Bertz CT molecular complexity index is 694. The highest BCUT2D eigenvalue weighted by molar-refractivity contribution is 7.16.